The molecule has 1 aliphatic carbocycles. The van der Waals surface area contributed by atoms with Gasteiger partial charge in [-0.05, 0) is 24.3 Å². The summed E-state index contributed by atoms with van der Waals surface area (Å²) >= 11 is 0. The van der Waals surface area contributed by atoms with E-state index >= 15 is 0 Å². The van der Waals surface area contributed by atoms with Crippen molar-refractivity contribution in [1.82, 2.24) is 10.6 Å². The van der Waals surface area contributed by atoms with E-state index in [2.05, 4.69) is 10.6 Å². The predicted molar refractivity (Wildman–Crippen MR) is 79.9 cm³/mol. The Balaban J connectivity index is 2.01. The third-order valence-electron chi connectivity index (χ3n) is 3.64. The zero-order chi connectivity index (χ0) is 16.1. The maximum Gasteiger partial charge on any atom is 0.326 e. The van der Waals surface area contributed by atoms with E-state index in [0.717, 1.165) is 18.4 Å². The molecule has 3 N–H and O–H groups in total. The molecule has 6 nitrogen and oxygen atoms in total. The molecule has 0 aliphatic heterocycles. The number of carboxylic acid groups (broad SMARTS) is 1. The Kier molecular flexibility index (Phi) is 5.14. The molecule has 2 atom stereocenters. The first-order valence-corrected chi connectivity index (χ1v) is 7.31. The van der Waals surface area contributed by atoms with Crippen molar-refractivity contribution in [2.24, 2.45) is 5.92 Å². The molecule has 0 heterocycles. The normalized spacial score (nSPS) is 16.4. The fourth-order valence-corrected chi connectivity index (χ4v) is 2.41. The molecule has 1 aromatic rings. The number of amides is 2. The Labute approximate surface area is 128 Å². The Bertz CT molecular complexity index is 555. The smallest absolute Gasteiger partial charge is 0.326 e. The fraction of sp³-hybridized carbons (Fsp3) is 0.438. The van der Waals surface area contributed by atoms with Gasteiger partial charge in [0, 0.05) is 6.92 Å². The van der Waals surface area contributed by atoms with Crippen LogP contribution in [0.1, 0.15) is 37.8 Å². The van der Waals surface area contributed by atoms with Crippen molar-refractivity contribution in [3.8, 4) is 0 Å². The number of hydrogen-bond donors (Lipinski definition) is 3. The van der Waals surface area contributed by atoms with Crippen molar-refractivity contribution in [2.75, 3.05) is 0 Å². The van der Waals surface area contributed by atoms with Gasteiger partial charge in [0.1, 0.15) is 6.04 Å². The number of hydrogen-bond acceptors (Lipinski definition) is 3. The number of rotatable bonds is 7. The molecule has 2 rings (SSSR count). The number of aliphatic carboxylic acids is 1. The van der Waals surface area contributed by atoms with E-state index in [0.29, 0.717) is 0 Å². The minimum atomic E-state index is -1.01. The molecule has 1 saturated carbocycles. The van der Waals surface area contributed by atoms with Gasteiger partial charge in [0.05, 0.1) is 12.5 Å². The molecule has 22 heavy (non-hydrogen) atoms. The van der Waals surface area contributed by atoms with E-state index in [4.69, 9.17) is 5.11 Å². The highest BCUT2D eigenvalue weighted by Crippen LogP contribution is 2.32. The van der Waals surface area contributed by atoms with Crippen LogP contribution in [-0.2, 0) is 14.4 Å². The predicted octanol–water partition coefficient (Wildman–Crippen LogP) is 1.23. The summed E-state index contributed by atoms with van der Waals surface area (Å²) in [5.41, 5.74) is 0.811. The molecule has 6 heteroatoms. The van der Waals surface area contributed by atoms with Crippen LogP contribution in [0.4, 0.5) is 0 Å². The van der Waals surface area contributed by atoms with Crippen molar-refractivity contribution in [3.63, 3.8) is 0 Å². The van der Waals surface area contributed by atoms with E-state index in [9.17, 15) is 14.4 Å². The highest BCUT2D eigenvalue weighted by atomic mass is 16.4. The van der Waals surface area contributed by atoms with Gasteiger partial charge in [0.15, 0.2) is 0 Å². The maximum absolute atomic E-state index is 12.1. The molecule has 1 aromatic carbocycles. The largest absolute Gasteiger partial charge is 0.480 e. The Morgan fingerprint density at radius 1 is 1.18 bits per heavy atom. The van der Waals surface area contributed by atoms with Crippen LogP contribution in [0.3, 0.4) is 0 Å². The molecule has 0 aromatic heterocycles. The van der Waals surface area contributed by atoms with Crippen LogP contribution in [-0.4, -0.2) is 28.9 Å². The van der Waals surface area contributed by atoms with Gasteiger partial charge in [0.25, 0.3) is 0 Å². The van der Waals surface area contributed by atoms with Crippen LogP contribution in [0.25, 0.3) is 0 Å². The summed E-state index contributed by atoms with van der Waals surface area (Å²) in [4.78, 5) is 34.6. The molecule has 2 amide bonds. The third-order valence-corrected chi connectivity index (χ3v) is 3.64. The van der Waals surface area contributed by atoms with Gasteiger partial charge in [-0.2, -0.15) is 0 Å². The van der Waals surface area contributed by atoms with E-state index in [-0.39, 0.29) is 24.2 Å². The molecule has 0 spiro atoms. The zero-order valence-electron chi connectivity index (χ0n) is 12.4. The Morgan fingerprint density at radius 2 is 1.82 bits per heavy atom. The van der Waals surface area contributed by atoms with Gasteiger partial charge < -0.3 is 15.7 Å². The minimum Gasteiger partial charge on any atom is -0.480 e. The molecule has 0 saturated heterocycles. The first kappa shape index (κ1) is 16.0. The fourth-order valence-electron chi connectivity index (χ4n) is 2.41. The number of carbonyl (C=O) groups is 3. The summed E-state index contributed by atoms with van der Waals surface area (Å²) in [5, 5.41) is 14.4. The van der Waals surface area contributed by atoms with Crippen molar-refractivity contribution in [3.05, 3.63) is 35.9 Å². The molecular formula is C16H20N2O4. The van der Waals surface area contributed by atoms with Crippen molar-refractivity contribution < 1.29 is 19.5 Å². The van der Waals surface area contributed by atoms with Gasteiger partial charge >= 0.3 is 5.97 Å². The molecule has 1 fully saturated rings. The molecule has 2 unspecified atom stereocenters. The lowest BCUT2D eigenvalue weighted by Gasteiger charge is -2.20. The van der Waals surface area contributed by atoms with E-state index in [1.54, 1.807) is 0 Å². The highest BCUT2D eigenvalue weighted by Gasteiger charge is 2.37. The van der Waals surface area contributed by atoms with E-state index in [1.165, 1.54) is 6.92 Å². The summed E-state index contributed by atoms with van der Waals surface area (Å²) in [7, 11) is 0. The van der Waals surface area contributed by atoms with Gasteiger partial charge in [-0.3, -0.25) is 9.59 Å². The summed E-state index contributed by atoms with van der Waals surface area (Å²) < 4.78 is 0. The number of carbonyl (C=O) groups excluding carboxylic acids is 2. The van der Waals surface area contributed by atoms with Crippen LogP contribution in [0.15, 0.2) is 30.3 Å². The van der Waals surface area contributed by atoms with Gasteiger partial charge in [-0.25, -0.2) is 4.79 Å². The van der Waals surface area contributed by atoms with Crippen molar-refractivity contribution in [1.29, 1.82) is 0 Å². The zero-order valence-corrected chi connectivity index (χ0v) is 12.4. The SMILES string of the molecule is CC(=O)NC(CC(=O)NC(C(=O)O)C1CC1)c1ccccc1. The van der Waals surface area contributed by atoms with Crippen LogP contribution in [0.2, 0.25) is 0 Å². The highest BCUT2D eigenvalue weighted by molar-refractivity contribution is 5.85. The van der Waals surface area contributed by atoms with Crippen LogP contribution < -0.4 is 10.6 Å². The second-order valence-electron chi connectivity index (χ2n) is 5.59. The van der Waals surface area contributed by atoms with E-state index < -0.39 is 18.1 Å². The summed E-state index contributed by atoms with van der Waals surface area (Å²) in [5.74, 6) is -1.59. The summed E-state index contributed by atoms with van der Waals surface area (Å²) in [6, 6.07) is 7.85. The topological polar surface area (TPSA) is 95.5 Å². The lowest BCUT2D eigenvalue weighted by Crippen LogP contribution is -2.43. The quantitative estimate of drug-likeness (QED) is 0.706. The second kappa shape index (κ2) is 7.06. The first-order valence-electron chi connectivity index (χ1n) is 7.31. The van der Waals surface area contributed by atoms with Crippen LogP contribution >= 0.6 is 0 Å². The van der Waals surface area contributed by atoms with E-state index in [1.807, 2.05) is 30.3 Å². The number of nitrogens with one attached hydrogen (secondary N) is 2. The second-order valence-corrected chi connectivity index (χ2v) is 5.59. The standard InChI is InChI=1S/C16H20N2O4/c1-10(19)17-13(11-5-3-2-4-6-11)9-14(20)18-15(16(21)22)12-7-8-12/h2-6,12-13,15H,7-9H2,1H3,(H,17,19)(H,18,20)(H,21,22). The van der Waals surface area contributed by atoms with Gasteiger partial charge in [-0.1, -0.05) is 30.3 Å². The Hall–Kier alpha value is -2.37. The maximum atomic E-state index is 12.1. The van der Waals surface area contributed by atoms with Crippen LogP contribution in [0.5, 0.6) is 0 Å². The number of carboxylic acids is 1. The molecule has 0 radical (unpaired) electrons. The lowest BCUT2D eigenvalue weighted by atomic mass is 10.0. The Morgan fingerprint density at radius 3 is 2.32 bits per heavy atom. The number of benzene rings is 1. The monoisotopic (exact) mass is 304 g/mol. The minimum absolute atomic E-state index is 0.0140. The molecule has 1 aliphatic rings. The summed E-state index contributed by atoms with van der Waals surface area (Å²) in [6.07, 6.45) is 1.66. The third kappa shape index (κ3) is 4.58. The summed E-state index contributed by atoms with van der Waals surface area (Å²) in [6.45, 7) is 1.39. The molecular weight excluding hydrogens is 284 g/mol. The van der Waals surface area contributed by atoms with Crippen molar-refractivity contribution >= 4 is 17.8 Å². The van der Waals surface area contributed by atoms with Crippen molar-refractivity contribution in [2.45, 2.75) is 38.3 Å². The van der Waals surface area contributed by atoms with Gasteiger partial charge in [-0.15, -0.1) is 0 Å². The average molecular weight is 304 g/mol. The lowest BCUT2D eigenvalue weighted by molar-refractivity contribution is -0.142. The molecule has 118 valence electrons. The van der Waals surface area contributed by atoms with Gasteiger partial charge in [0.2, 0.25) is 11.8 Å². The average Bonchev–Trinajstić information content (AvgIpc) is 3.29. The van der Waals surface area contributed by atoms with Crippen LogP contribution in [0, 0.1) is 5.92 Å². The molecule has 0 bridgehead atoms. The first-order chi connectivity index (χ1) is 10.5.